The first-order valence-electron chi connectivity index (χ1n) is 8.93. The third-order valence-corrected chi connectivity index (χ3v) is 4.57. The van der Waals surface area contributed by atoms with E-state index in [1.54, 1.807) is 22.9 Å². The van der Waals surface area contributed by atoms with Crippen molar-refractivity contribution in [1.82, 2.24) is 20.2 Å². The van der Waals surface area contributed by atoms with Gasteiger partial charge in [-0.15, -0.1) is 0 Å². The van der Waals surface area contributed by atoms with Crippen molar-refractivity contribution in [1.29, 1.82) is 0 Å². The minimum absolute atomic E-state index is 0.105. The highest BCUT2D eigenvalue weighted by Crippen LogP contribution is 2.37. The summed E-state index contributed by atoms with van der Waals surface area (Å²) in [5.74, 6) is 1.41. The summed E-state index contributed by atoms with van der Waals surface area (Å²) in [6, 6.07) is 10.3. The summed E-state index contributed by atoms with van der Waals surface area (Å²) in [7, 11) is 0. The number of aromatic nitrogens is 4. The van der Waals surface area contributed by atoms with Gasteiger partial charge >= 0.3 is 0 Å². The normalized spacial score (nSPS) is 10.7. The molecule has 0 saturated heterocycles. The molecule has 1 aromatic heterocycles. The predicted molar refractivity (Wildman–Crippen MR) is 107 cm³/mol. The highest BCUT2D eigenvalue weighted by Gasteiger charge is 2.14. The van der Waals surface area contributed by atoms with Crippen LogP contribution in [0.4, 0.5) is 10.3 Å². The van der Waals surface area contributed by atoms with Crippen molar-refractivity contribution in [2.75, 3.05) is 11.9 Å². The fourth-order valence-electron chi connectivity index (χ4n) is 2.62. The number of anilines is 1. The molecule has 0 atom stereocenters. The first kappa shape index (κ1) is 20.1. The molecule has 1 N–H and O–H groups in total. The van der Waals surface area contributed by atoms with Crippen LogP contribution in [-0.4, -0.2) is 26.8 Å². The summed E-state index contributed by atoms with van der Waals surface area (Å²) in [5.41, 5.74) is 1.44. The number of tetrazole rings is 1. The first-order valence-corrected chi connectivity index (χ1v) is 9.73. The Morgan fingerprint density at radius 2 is 2.00 bits per heavy atom. The number of hydrogen-bond acceptors (Lipinski definition) is 6. The zero-order valence-electron chi connectivity index (χ0n) is 15.7. The fourth-order valence-corrected chi connectivity index (χ4v) is 3.22. The van der Waals surface area contributed by atoms with Gasteiger partial charge in [0.1, 0.15) is 12.4 Å². The molecular weight excluding hydrogens is 429 g/mol. The summed E-state index contributed by atoms with van der Waals surface area (Å²) < 4.78 is 27.8. The Balaban J connectivity index is 1.76. The quantitative estimate of drug-likeness (QED) is 0.527. The lowest BCUT2D eigenvalue weighted by Gasteiger charge is -2.16. The van der Waals surface area contributed by atoms with Gasteiger partial charge in [-0.25, -0.2) is 9.07 Å². The van der Waals surface area contributed by atoms with Gasteiger partial charge in [0.15, 0.2) is 11.5 Å². The predicted octanol–water partition coefficient (Wildman–Crippen LogP) is 4.18. The molecule has 0 saturated carbocycles. The zero-order valence-corrected chi connectivity index (χ0v) is 17.2. The molecule has 28 heavy (non-hydrogen) atoms. The molecule has 0 unspecified atom stereocenters. The minimum atomic E-state index is -0.300. The molecule has 0 fully saturated rings. The van der Waals surface area contributed by atoms with Crippen molar-refractivity contribution >= 4 is 21.9 Å². The molecule has 0 aliphatic rings. The highest BCUT2D eigenvalue weighted by atomic mass is 79.9. The Morgan fingerprint density at radius 3 is 2.75 bits per heavy atom. The van der Waals surface area contributed by atoms with Crippen LogP contribution in [0.15, 0.2) is 40.9 Å². The number of aryl methyl sites for hydroxylation is 1. The molecular formula is C19H21BrFN5O2. The number of halogens is 2. The largest absolute Gasteiger partial charge is 0.490 e. The maximum absolute atomic E-state index is 13.9. The Labute approximate surface area is 171 Å². The standard InChI is InChI=1S/C19H21BrFN5O2/c1-3-26-19(23-24-25-26)22-11-13-9-15(20)18(17(10-13)27-4-2)28-12-14-7-5-6-8-16(14)21/h5-10H,3-4,11-12H2,1-2H3,(H,22,23,25). The summed E-state index contributed by atoms with van der Waals surface area (Å²) >= 11 is 3.53. The number of benzene rings is 2. The molecule has 0 aliphatic carbocycles. The molecule has 0 amide bonds. The van der Waals surface area contributed by atoms with Crippen LogP contribution in [0.2, 0.25) is 0 Å². The summed E-state index contributed by atoms with van der Waals surface area (Å²) in [6.45, 7) is 5.63. The Kier molecular flexibility index (Phi) is 6.80. The second-order valence-corrected chi connectivity index (χ2v) is 6.74. The number of hydrogen-bond donors (Lipinski definition) is 1. The van der Waals surface area contributed by atoms with Gasteiger partial charge in [0.05, 0.1) is 11.1 Å². The van der Waals surface area contributed by atoms with Crippen molar-refractivity contribution in [3.05, 3.63) is 57.8 Å². The number of rotatable bonds is 9. The number of ether oxygens (including phenoxy) is 2. The van der Waals surface area contributed by atoms with E-state index in [1.165, 1.54) is 6.07 Å². The van der Waals surface area contributed by atoms with E-state index in [-0.39, 0.29) is 12.4 Å². The molecule has 148 valence electrons. The van der Waals surface area contributed by atoms with Crippen molar-refractivity contribution in [3.63, 3.8) is 0 Å². The average Bonchev–Trinajstić information content (AvgIpc) is 3.15. The molecule has 9 heteroatoms. The molecule has 0 aliphatic heterocycles. The molecule has 0 bridgehead atoms. The van der Waals surface area contributed by atoms with Crippen LogP contribution >= 0.6 is 15.9 Å². The van der Waals surface area contributed by atoms with Crippen molar-refractivity contribution in [3.8, 4) is 11.5 Å². The van der Waals surface area contributed by atoms with Crippen molar-refractivity contribution in [2.45, 2.75) is 33.5 Å². The number of nitrogens with one attached hydrogen (secondary N) is 1. The van der Waals surface area contributed by atoms with Gasteiger partial charge in [0.2, 0.25) is 5.95 Å². The maximum atomic E-state index is 13.9. The van der Waals surface area contributed by atoms with E-state index in [1.807, 2.05) is 26.0 Å². The van der Waals surface area contributed by atoms with Gasteiger partial charge in [0.25, 0.3) is 0 Å². The molecule has 0 radical (unpaired) electrons. The van der Waals surface area contributed by atoms with Crippen LogP contribution in [0.3, 0.4) is 0 Å². The zero-order chi connectivity index (χ0) is 19.9. The Morgan fingerprint density at radius 1 is 1.18 bits per heavy atom. The maximum Gasteiger partial charge on any atom is 0.243 e. The Bertz CT molecular complexity index is 934. The summed E-state index contributed by atoms with van der Waals surface area (Å²) in [5, 5.41) is 14.7. The van der Waals surface area contributed by atoms with Gasteiger partial charge in [-0.05, 0) is 64.0 Å². The topological polar surface area (TPSA) is 74.1 Å². The van der Waals surface area contributed by atoms with Gasteiger partial charge in [-0.1, -0.05) is 23.3 Å². The van der Waals surface area contributed by atoms with Crippen molar-refractivity contribution < 1.29 is 13.9 Å². The average molecular weight is 450 g/mol. The number of nitrogens with zero attached hydrogens (tertiary/aromatic N) is 4. The SMILES string of the molecule is CCOc1cc(CNc2nnnn2CC)cc(Br)c1OCc1ccccc1F. The fraction of sp³-hybridized carbons (Fsp3) is 0.316. The van der Waals surface area contributed by atoms with Crippen molar-refractivity contribution in [2.24, 2.45) is 0 Å². The minimum Gasteiger partial charge on any atom is -0.490 e. The van der Waals surface area contributed by atoms with E-state index in [9.17, 15) is 4.39 Å². The monoisotopic (exact) mass is 449 g/mol. The third kappa shape index (κ3) is 4.78. The van der Waals surface area contributed by atoms with Crippen LogP contribution in [0.25, 0.3) is 0 Å². The van der Waals surface area contributed by atoms with E-state index in [2.05, 4.69) is 36.8 Å². The summed E-state index contributed by atoms with van der Waals surface area (Å²) in [4.78, 5) is 0. The molecule has 1 heterocycles. The molecule has 3 aromatic rings. The second kappa shape index (κ2) is 9.50. The van der Waals surface area contributed by atoms with Crippen LogP contribution in [-0.2, 0) is 19.7 Å². The van der Waals surface area contributed by atoms with Gasteiger partial charge in [0, 0.05) is 18.7 Å². The van der Waals surface area contributed by atoms with Gasteiger partial charge < -0.3 is 14.8 Å². The molecule has 0 spiro atoms. The third-order valence-electron chi connectivity index (χ3n) is 3.98. The summed E-state index contributed by atoms with van der Waals surface area (Å²) in [6.07, 6.45) is 0. The lowest BCUT2D eigenvalue weighted by atomic mass is 10.2. The lowest BCUT2D eigenvalue weighted by Crippen LogP contribution is -2.08. The van der Waals surface area contributed by atoms with E-state index in [0.29, 0.717) is 42.7 Å². The highest BCUT2D eigenvalue weighted by molar-refractivity contribution is 9.10. The van der Waals surface area contributed by atoms with Crippen LogP contribution in [0, 0.1) is 5.82 Å². The van der Waals surface area contributed by atoms with Crippen LogP contribution in [0.5, 0.6) is 11.5 Å². The van der Waals surface area contributed by atoms with Gasteiger partial charge in [-0.3, -0.25) is 0 Å². The van der Waals surface area contributed by atoms with E-state index < -0.39 is 0 Å². The van der Waals surface area contributed by atoms with Crippen LogP contribution in [0.1, 0.15) is 25.0 Å². The van der Waals surface area contributed by atoms with E-state index >= 15 is 0 Å². The van der Waals surface area contributed by atoms with Gasteiger partial charge in [-0.2, -0.15) is 0 Å². The molecule has 2 aromatic carbocycles. The molecule has 3 rings (SSSR count). The van der Waals surface area contributed by atoms with E-state index in [4.69, 9.17) is 9.47 Å². The lowest BCUT2D eigenvalue weighted by molar-refractivity contribution is 0.264. The first-order chi connectivity index (χ1) is 13.6. The smallest absolute Gasteiger partial charge is 0.243 e. The van der Waals surface area contributed by atoms with Crippen LogP contribution < -0.4 is 14.8 Å². The Hall–Kier alpha value is -2.68. The second-order valence-electron chi connectivity index (χ2n) is 5.89. The van der Waals surface area contributed by atoms with E-state index in [0.717, 1.165) is 10.0 Å². The molecule has 7 nitrogen and oxygen atoms in total.